The summed E-state index contributed by atoms with van der Waals surface area (Å²) in [4.78, 5) is 0. The van der Waals surface area contributed by atoms with Gasteiger partial charge in [-0.25, -0.2) is 4.68 Å². The van der Waals surface area contributed by atoms with E-state index in [2.05, 4.69) is 36.3 Å². The SMILES string of the molecule is Cc1ccc(CSc2nn(C)c(=S)s2)cc1. The van der Waals surface area contributed by atoms with Crippen molar-refractivity contribution in [1.29, 1.82) is 0 Å². The Hall–Kier alpha value is -0.650. The minimum absolute atomic E-state index is 0.825. The zero-order chi connectivity index (χ0) is 11.5. The molecular weight excluding hydrogens is 256 g/mol. The van der Waals surface area contributed by atoms with Crippen LogP contribution in [0, 0.1) is 10.9 Å². The molecule has 0 aliphatic carbocycles. The third kappa shape index (κ3) is 2.93. The van der Waals surface area contributed by atoms with E-state index in [0.717, 1.165) is 14.0 Å². The molecule has 0 atom stereocenters. The van der Waals surface area contributed by atoms with Gasteiger partial charge in [0, 0.05) is 12.8 Å². The van der Waals surface area contributed by atoms with E-state index in [4.69, 9.17) is 12.2 Å². The van der Waals surface area contributed by atoms with Crippen molar-refractivity contribution in [1.82, 2.24) is 9.78 Å². The molecule has 84 valence electrons. The molecule has 0 bridgehead atoms. The number of thioether (sulfide) groups is 1. The first-order valence-electron chi connectivity index (χ1n) is 4.87. The topological polar surface area (TPSA) is 17.8 Å². The highest BCUT2D eigenvalue weighted by atomic mass is 32.2. The maximum absolute atomic E-state index is 5.13. The van der Waals surface area contributed by atoms with Crippen LogP contribution in [-0.2, 0) is 12.8 Å². The van der Waals surface area contributed by atoms with E-state index in [1.165, 1.54) is 11.1 Å². The number of benzene rings is 1. The fourth-order valence-electron chi connectivity index (χ4n) is 1.21. The number of aromatic nitrogens is 2. The molecule has 0 radical (unpaired) electrons. The van der Waals surface area contributed by atoms with Gasteiger partial charge >= 0.3 is 0 Å². The van der Waals surface area contributed by atoms with E-state index in [-0.39, 0.29) is 0 Å². The number of hydrogen-bond donors (Lipinski definition) is 0. The first kappa shape index (κ1) is 11.8. The van der Waals surface area contributed by atoms with E-state index < -0.39 is 0 Å². The Morgan fingerprint density at radius 3 is 2.62 bits per heavy atom. The molecular formula is C11H12N2S3. The Labute approximate surface area is 108 Å². The largest absolute Gasteiger partial charge is 0.247 e. The highest BCUT2D eigenvalue weighted by Gasteiger charge is 2.02. The predicted octanol–water partition coefficient (Wildman–Crippen LogP) is 3.81. The molecule has 0 fully saturated rings. The van der Waals surface area contributed by atoms with Gasteiger partial charge in [0.25, 0.3) is 0 Å². The third-order valence-electron chi connectivity index (χ3n) is 2.15. The van der Waals surface area contributed by atoms with Gasteiger partial charge in [0.2, 0.25) is 0 Å². The van der Waals surface area contributed by atoms with Gasteiger partial charge in [-0.15, -0.1) is 0 Å². The average molecular weight is 268 g/mol. The number of rotatable bonds is 3. The summed E-state index contributed by atoms with van der Waals surface area (Å²) in [5.74, 6) is 0.947. The quantitative estimate of drug-likeness (QED) is 0.622. The molecule has 2 nitrogen and oxygen atoms in total. The van der Waals surface area contributed by atoms with Gasteiger partial charge < -0.3 is 0 Å². The van der Waals surface area contributed by atoms with Crippen molar-refractivity contribution in [2.75, 3.05) is 0 Å². The van der Waals surface area contributed by atoms with E-state index in [1.54, 1.807) is 27.8 Å². The fraction of sp³-hybridized carbons (Fsp3) is 0.273. The van der Waals surface area contributed by atoms with Crippen LogP contribution in [0.1, 0.15) is 11.1 Å². The van der Waals surface area contributed by atoms with Gasteiger partial charge in [0.1, 0.15) is 0 Å². The second kappa shape index (κ2) is 5.12. The molecule has 0 unspecified atom stereocenters. The van der Waals surface area contributed by atoms with E-state index >= 15 is 0 Å². The van der Waals surface area contributed by atoms with Crippen molar-refractivity contribution in [2.45, 2.75) is 17.0 Å². The molecule has 0 amide bonds. The number of hydrogen-bond acceptors (Lipinski definition) is 4. The van der Waals surface area contributed by atoms with Crippen LogP contribution in [0.25, 0.3) is 0 Å². The number of nitrogens with zero attached hydrogens (tertiary/aromatic N) is 2. The smallest absolute Gasteiger partial charge is 0.179 e. The lowest BCUT2D eigenvalue weighted by atomic mass is 10.2. The molecule has 5 heteroatoms. The molecule has 0 saturated heterocycles. The minimum atomic E-state index is 0.825. The summed E-state index contributed by atoms with van der Waals surface area (Å²) in [6.07, 6.45) is 0. The second-order valence-corrected chi connectivity index (χ2v) is 6.38. The first-order valence-corrected chi connectivity index (χ1v) is 7.08. The van der Waals surface area contributed by atoms with Gasteiger partial charge in [-0.05, 0) is 24.7 Å². The van der Waals surface area contributed by atoms with Gasteiger partial charge in [-0.3, -0.25) is 0 Å². The van der Waals surface area contributed by atoms with Crippen molar-refractivity contribution in [3.8, 4) is 0 Å². The molecule has 0 aliphatic rings. The molecule has 1 heterocycles. The summed E-state index contributed by atoms with van der Waals surface area (Å²) >= 11 is 8.43. The molecule has 0 spiro atoms. The Balaban J connectivity index is 2.02. The van der Waals surface area contributed by atoms with Crippen LogP contribution < -0.4 is 0 Å². The summed E-state index contributed by atoms with van der Waals surface area (Å²) in [5.41, 5.74) is 2.61. The predicted molar refractivity (Wildman–Crippen MR) is 72.7 cm³/mol. The van der Waals surface area contributed by atoms with E-state index in [9.17, 15) is 0 Å². The zero-order valence-electron chi connectivity index (χ0n) is 9.14. The van der Waals surface area contributed by atoms with Crippen LogP contribution >= 0.6 is 35.3 Å². The summed E-state index contributed by atoms with van der Waals surface area (Å²) in [7, 11) is 1.88. The van der Waals surface area contributed by atoms with Crippen molar-refractivity contribution in [3.05, 3.63) is 39.3 Å². The molecule has 2 aromatic rings. The summed E-state index contributed by atoms with van der Waals surface area (Å²) in [6, 6.07) is 8.58. The van der Waals surface area contributed by atoms with E-state index in [1.807, 2.05) is 7.05 Å². The first-order chi connectivity index (χ1) is 7.65. The molecule has 0 saturated carbocycles. The summed E-state index contributed by atoms with van der Waals surface area (Å²) < 4.78 is 3.61. The molecule has 0 aliphatic heterocycles. The van der Waals surface area contributed by atoms with Crippen molar-refractivity contribution < 1.29 is 0 Å². The van der Waals surface area contributed by atoms with Crippen molar-refractivity contribution >= 4 is 35.3 Å². The minimum Gasteiger partial charge on any atom is -0.247 e. The Morgan fingerprint density at radius 2 is 2.06 bits per heavy atom. The normalized spacial score (nSPS) is 10.6. The lowest BCUT2D eigenvalue weighted by molar-refractivity contribution is 0.729. The highest BCUT2D eigenvalue weighted by Crippen LogP contribution is 2.25. The Bertz CT molecular complexity index is 525. The molecule has 2 rings (SSSR count). The van der Waals surface area contributed by atoms with E-state index in [0.29, 0.717) is 0 Å². The standard InChI is InChI=1S/C11H12N2S3/c1-8-3-5-9(6-4-8)7-15-10-12-13(2)11(14)16-10/h3-6H,7H2,1-2H3. The van der Waals surface area contributed by atoms with Crippen molar-refractivity contribution in [3.63, 3.8) is 0 Å². The fourth-order valence-corrected chi connectivity index (χ4v) is 3.45. The molecule has 1 aromatic heterocycles. The Kier molecular flexibility index (Phi) is 3.78. The average Bonchev–Trinajstić information content (AvgIpc) is 2.58. The van der Waals surface area contributed by atoms with Crippen LogP contribution in [0.3, 0.4) is 0 Å². The molecule has 16 heavy (non-hydrogen) atoms. The molecule has 0 N–H and O–H groups in total. The van der Waals surface area contributed by atoms with Gasteiger partial charge in [0.15, 0.2) is 8.29 Å². The maximum atomic E-state index is 5.13. The summed E-state index contributed by atoms with van der Waals surface area (Å²) in [6.45, 7) is 2.10. The van der Waals surface area contributed by atoms with Gasteiger partial charge in [0.05, 0.1) is 0 Å². The monoisotopic (exact) mass is 268 g/mol. The summed E-state index contributed by atoms with van der Waals surface area (Å²) in [5, 5.41) is 4.34. The van der Waals surface area contributed by atoms with Crippen LogP contribution in [-0.4, -0.2) is 9.78 Å². The van der Waals surface area contributed by atoms with Gasteiger partial charge in [-0.1, -0.05) is 52.9 Å². The van der Waals surface area contributed by atoms with Crippen LogP contribution in [0.2, 0.25) is 0 Å². The molecule has 1 aromatic carbocycles. The lowest BCUT2D eigenvalue weighted by Gasteiger charge is -1.99. The van der Waals surface area contributed by atoms with Crippen LogP contribution in [0.5, 0.6) is 0 Å². The Morgan fingerprint density at radius 1 is 1.38 bits per heavy atom. The maximum Gasteiger partial charge on any atom is 0.179 e. The number of aryl methyl sites for hydroxylation is 2. The van der Waals surface area contributed by atoms with Gasteiger partial charge in [-0.2, -0.15) is 5.10 Å². The van der Waals surface area contributed by atoms with Crippen LogP contribution in [0.15, 0.2) is 28.6 Å². The van der Waals surface area contributed by atoms with Crippen LogP contribution in [0.4, 0.5) is 0 Å². The third-order valence-corrected chi connectivity index (χ3v) is 4.77. The highest BCUT2D eigenvalue weighted by molar-refractivity contribution is 8.00. The lowest BCUT2D eigenvalue weighted by Crippen LogP contribution is -1.89. The van der Waals surface area contributed by atoms with Crippen molar-refractivity contribution in [2.24, 2.45) is 7.05 Å². The second-order valence-electron chi connectivity index (χ2n) is 3.53. The zero-order valence-corrected chi connectivity index (χ0v) is 11.6.